The minimum absolute atomic E-state index is 0. The maximum atomic E-state index is 8.92. The van der Waals surface area contributed by atoms with Gasteiger partial charge in [0.15, 0.2) is 11.5 Å². The van der Waals surface area contributed by atoms with Crippen LogP contribution in [0, 0.1) is 0 Å². The van der Waals surface area contributed by atoms with Crippen LogP contribution >= 0.6 is 12.4 Å². The van der Waals surface area contributed by atoms with Crippen molar-refractivity contribution in [3.8, 4) is 17.2 Å². The van der Waals surface area contributed by atoms with Crippen LogP contribution in [0.4, 0.5) is 0 Å². The normalized spacial score (nSPS) is 11.4. The number of aliphatic hydroxyl groups is 1. The quantitative estimate of drug-likeness (QED) is 0.803. The summed E-state index contributed by atoms with van der Waals surface area (Å²) in [6.45, 7) is 2.46. The number of hydrogen-bond acceptors (Lipinski definition) is 5. The Hall–Kier alpha value is -1.17. The summed E-state index contributed by atoms with van der Waals surface area (Å²) in [4.78, 5) is 0. The molecule has 0 fully saturated rings. The topological polar surface area (TPSA) is 73.9 Å². The van der Waals surface area contributed by atoms with Gasteiger partial charge in [0.25, 0.3) is 0 Å². The predicted molar refractivity (Wildman–Crippen MR) is 76.6 cm³/mol. The lowest BCUT2D eigenvalue weighted by Gasteiger charge is -2.18. The zero-order valence-electron chi connectivity index (χ0n) is 11.5. The molecule has 1 aromatic rings. The van der Waals surface area contributed by atoms with Crippen LogP contribution in [0.3, 0.4) is 0 Å². The zero-order chi connectivity index (χ0) is 13.5. The van der Waals surface area contributed by atoms with Gasteiger partial charge in [0.2, 0.25) is 5.75 Å². The second-order valence-corrected chi connectivity index (χ2v) is 3.81. The van der Waals surface area contributed by atoms with Crippen molar-refractivity contribution in [2.24, 2.45) is 5.73 Å². The third-order valence-corrected chi connectivity index (χ3v) is 2.64. The summed E-state index contributed by atoms with van der Waals surface area (Å²) >= 11 is 0. The highest BCUT2D eigenvalue weighted by molar-refractivity contribution is 5.85. The molecule has 0 aliphatic carbocycles. The lowest BCUT2D eigenvalue weighted by molar-refractivity contribution is 0.274. The van der Waals surface area contributed by atoms with E-state index in [9.17, 15) is 0 Å². The summed E-state index contributed by atoms with van der Waals surface area (Å²) < 4.78 is 16.1. The standard InChI is InChI=1S/C13H21NO4.ClH/c1-4-18-13-11(16-2)7-9(8-12(13)17-3)10(14)5-6-15;/h7-8,10,15H,4-6,14H2,1-3H3;1H. The van der Waals surface area contributed by atoms with Crippen molar-refractivity contribution in [2.75, 3.05) is 27.4 Å². The van der Waals surface area contributed by atoms with Crippen molar-refractivity contribution < 1.29 is 19.3 Å². The monoisotopic (exact) mass is 291 g/mol. The minimum atomic E-state index is -0.256. The Morgan fingerprint density at radius 2 is 1.74 bits per heavy atom. The van der Waals surface area contributed by atoms with Crippen LogP contribution in [0.25, 0.3) is 0 Å². The van der Waals surface area contributed by atoms with E-state index < -0.39 is 0 Å². The Balaban J connectivity index is 0.00000324. The van der Waals surface area contributed by atoms with Gasteiger partial charge in [-0.2, -0.15) is 0 Å². The summed E-state index contributed by atoms with van der Waals surface area (Å²) in [6.07, 6.45) is 0.486. The van der Waals surface area contributed by atoms with Crippen molar-refractivity contribution in [3.63, 3.8) is 0 Å². The summed E-state index contributed by atoms with van der Waals surface area (Å²) in [5.41, 5.74) is 6.81. The first-order valence-corrected chi connectivity index (χ1v) is 5.93. The molecule has 0 spiro atoms. The molecule has 110 valence electrons. The molecule has 0 heterocycles. The Morgan fingerprint density at radius 1 is 1.21 bits per heavy atom. The Labute approximate surface area is 120 Å². The molecule has 1 rings (SSSR count). The van der Waals surface area contributed by atoms with Gasteiger partial charge in [-0.3, -0.25) is 0 Å². The molecule has 0 aliphatic rings. The van der Waals surface area contributed by atoms with E-state index in [4.69, 9.17) is 25.1 Å². The average molecular weight is 292 g/mol. The first-order valence-electron chi connectivity index (χ1n) is 5.93. The summed E-state index contributed by atoms with van der Waals surface area (Å²) in [7, 11) is 3.14. The smallest absolute Gasteiger partial charge is 0.203 e. The van der Waals surface area contributed by atoms with Crippen molar-refractivity contribution >= 4 is 12.4 Å². The van der Waals surface area contributed by atoms with Gasteiger partial charge in [0.1, 0.15) is 0 Å². The number of benzene rings is 1. The van der Waals surface area contributed by atoms with Crippen LogP contribution in [0.15, 0.2) is 12.1 Å². The summed E-state index contributed by atoms with van der Waals surface area (Å²) in [5, 5.41) is 8.92. The highest BCUT2D eigenvalue weighted by Gasteiger charge is 2.16. The van der Waals surface area contributed by atoms with Gasteiger partial charge in [0, 0.05) is 12.6 Å². The highest BCUT2D eigenvalue weighted by atomic mass is 35.5. The van der Waals surface area contributed by atoms with Crippen LogP contribution in [0.1, 0.15) is 24.9 Å². The molecular formula is C13H22ClNO4. The fourth-order valence-electron chi connectivity index (χ4n) is 1.71. The Morgan fingerprint density at radius 3 is 2.11 bits per heavy atom. The Kier molecular flexibility index (Phi) is 8.30. The summed E-state index contributed by atoms with van der Waals surface area (Å²) in [5.74, 6) is 1.74. The van der Waals surface area contributed by atoms with Crippen LogP contribution < -0.4 is 19.9 Å². The number of halogens is 1. The van der Waals surface area contributed by atoms with E-state index in [1.54, 1.807) is 14.2 Å². The molecular weight excluding hydrogens is 270 g/mol. The lowest BCUT2D eigenvalue weighted by Crippen LogP contribution is -2.12. The van der Waals surface area contributed by atoms with Gasteiger partial charge >= 0.3 is 0 Å². The van der Waals surface area contributed by atoms with Crippen molar-refractivity contribution in [2.45, 2.75) is 19.4 Å². The maximum Gasteiger partial charge on any atom is 0.203 e. The molecule has 0 aliphatic heterocycles. The second-order valence-electron chi connectivity index (χ2n) is 3.81. The number of hydrogen-bond donors (Lipinski definition) is 2. The van der Waals surface area contributed by atoms with Gasteiger partial charge in [-0.25, -0.2) is 0 Å². The molecule has 0 saturated carbocycles. The van der Waals surface area contributed by atoms with Crippen molar-refractivity contribution in [1.29, 1.82) is 0 Å². The van der Waals surface area contributed by atoms with Crippen LogP contribution in [-0.4, -0.2) is 32.5 Å². The molecule has 0 saturated heterocycles. The van der Waals surface area contributed by atoms with E-state index >= 15 is 0 Å². The third-order valence-electron chi connectivity index (χ3n) is 2.64. The van der Waals surface area contributed by atoms with Crippen molar-refractivity contribution in [1.82, 2.24) is 0 Å². The molecule has 6 heteroatoms. The summed E-state index contributed by atoms with van der Waals surface area (Å²) in [6, 6.07) is 3.37. The molecule has 1 unspecified atom stereocenters. The van der Waals surface area contributed by atoms with Gasteiger partial charge in [-0.05, 0) is 31.0 Å². The van der Waals surface area contributed by atoms with E-state index in [0.29, 0.717) is 30.3 Å². The number of ether oxygens (including phenoxy) is 3. The van der Waals surface area contributed by atoms with Gasteiger partial charge in [-0.15, -0.1) is 12.4 Å². The first kappa shape index (κ1) is 17.8. The number of rotatable bonds is 7. The first-order chi connectivity index (χ1) is 8.67. The molecule has 3 N–H and O–H groups in total. The van der Waals surface area contributed by atoms with E-state index in [1.165, 1.54) is 0 Å². The molecule has 0 radical (unpaired) electrons. The van der Waals surface area contributed by atoms with E-state index in [0.717, 1.165) is 5.56 Å². The molecule has 0 aromatic heterocycles. The molecule has 19 heavy (non-hydrogen) atoms. The molecule has 0 amide bonds. The fraction of sp³-hybridized carbons (Fsp3) is 0.538. The number of aliphatic hydroxyl groups excluding tert-OH is 1. The largest absolute Gasteiger partial charge is 0.493 e. The fourth-order valence-corrected chi connectivity index (χ4v) is 1.71. The molecule has 5 nitrogen and oxygen atoms in total. The van der Waals surface area contributed by atoms with Gasteiger partial charge < -0.3 is 25.1 Å². The molecule has 1 aromatic carbocycles. The molecule has 1 atom stereocenters. The van der Waals surface area contributed by atoms with Crippen LogP contribution in [0.2, 0.25) is 0 Å². The second kappa shape index (κ2) is 8.85. The Bertz CT molecular complexity index is 362. The maximum absolute atomic E-state index is 8.92. The molecule has 0 bridgehead atoms. The zero-order valence-corrected chi connectivity index (χ0v) is 12.3. The highest BCUT2D eigenvalue weighted by Crippen LogP contribution is 2.40. The number of methoxy groups -OCH3 is 2. The van der Waals surface area contributed by atoms with E-state index in [-0.39, 0.29) is 25.1 Å². The van der Waals surface area contributed by atoms with Crippen LogP contribution in [0.5, 0.6) is 17.2 Å². The van der Waals surface area contributed by atoms with Gasteiger partial charge in [0.05, 0.1) is 20.8 Å². The SMILES string of the molecule is CCOc1c(OC)cc(C(N)CCO)cc1OC.Cl. The lowest BCUT2D eigenvalue weighted by atomic mass is 10.0. The predicted octanol–water partition coefficient (Wildman–Crippen LogP) is 1.91. The van der Waals surface area contributed by atoms with E-state index in [2.05, 4.69) is 0 Å². The van der Waals surface area contributed by atoms with E-state index in [1.807, 2.05) is 19.1 Å². The third kappa shape index (κ3) is 4.45. The number of nitrogens with two attached hydrogens (primary N) is 1. The average Bonchev–Trinajstić information content (AvgIpc) is 2.39. The minimum Gasteiger partial charge on any atom is -0.493 e. The van der Waals surface area contributed by atoms with Crippen LogP contribution in [-0.2, 0) is 0 Å². The van der Waals surface area contributed by atoms with Crippen molar-refractivity contribution in [3.05, 3.63) is 17.7 Å². The van der Waals surface area contributed by atoms with Gasteiger partial charge in [-0.1, -0.05) is 0 Å².